The van der Waals surface area contributed by atoms with Crippen molar-refractivity contribution in [3.05, 3.63) is 80.6 Å². The van der Waals surface area contributed by atoms with Gasteiger partial charge in [-0.15, -0.1) is 0 Å². The summed E-state index contributed by atoms with van der Waals surface area (Å²) in [5.41, 5.74) is 17.4. The molecule has 4 rings (SSSR count). The van der Waals surface area contributed by atoms with E-state index in [1.807, 2.05) is 0 Å². The SMILES string of the molecule is [C-]#[N+]c1c(N)nc(N)nc1N[C@H](C)c1nc2cccc(Cl)c2c(=O)n1-c1cccc(C(N)=O)c1. The number of hydrogen-bond donors (Lipinski definition) is 4. The number of hydrogen-bond acceptors (Lipinski definition) is 8. The zero-order chi connectivity index (χ0) is 24.6. The number of benzene rings is 2. The van der Waals surface area contributed by atoms with Crippen molar-refractivity contribution in [2.24, 2.45) is 5.73 Å². The summed E-state index contributed by atoms with van der Waals surface area (Å²) in [5, 5.41) is 3.48. The minimum absolute atomic E-state index is 0.0190. The molecule has 12 heteroatoms. The summed E-state index contributed by atoms with van der Waals surface area (Å²) in [6.07, 6.45) is 0. The first-order valence-corrected chi connectivity index (χ1v) is 10.3. The van der Waals surface area contributed by atoms with E-state index < -0.39 is 17.5 Å². The third-order valence-corrected chi connectivity index (χ3v) is 5.36. The molecule has 7 N–H and O–H groups in total. The Kier molecular flexibility index (Phi) is 5.75. The Bertz CT molecular complexity index is 1560. The van der Waals surface area contributed by atoms with Crippen molar-refractivity contribution in [2.45, 2.75) is 13.0 Å². The molecule has 170 valence electrons. The number of nitrogens with two attached hydrogens (primary N) is 3. The highest BCUT2D eigenvalue weighted by molar-refractivity contribution is 6.35. The molecule has 34 heavy (non-hydrogen) atoms. The van der Waals surface area contributed by atoms with E-state index in [0.717, 1.165) is 0 Å². The second kappa shape index (κ2) is 8.68. The van der Waals surface area contributed by atoms with E-state index in [1.54, 1.807) is 37.3 Å². The lowest BCUT2D eigenvalue weighted by Gasteiger charge is -2.21. The Morgan fingerprint density at radius 1 is 1.18 bits per heavy atom. The second-order valence-electron chi connectivity index (χ2n) is 7.30. The third-order valence-electron chi connectivity index (χ3n) is 5.04. The average molecular weight is 476 g/mol. The van der Waals surface area contributed by atoms with Crippen molar-refractivity contribution >= 4 is 51.7 Å². The quantitative estimate of drug-likeness (QED) is 0.319. The molecule has 2 aromatic heterocycles. The first kappa shape index (κ1) is 22.5. The first-order valence-electron chi connectivity index (χ1n) is 9.89. The largest absolute Gasteiger partial charge is 0.392 e. The monoisotopic (exact) mass is 475 g/mol. The van der Waals surface area contributed by atoms with Crippen LogP contribution in [0.25, 0.3) is 21.4 Å². The molecular weight excluding hydrogens is 458 g/mol. The predicted octanol–water partition coefficient (Wildman–Crippen LogP) is 2.82. The molecule has 0 spiro atoms. The number of fused-ring (bicyclic) bond motifs is 1. The van der Waals surface area contributed by atoms with E-state index >= 15 is 0 Å². The number of halogens is 1. The number of amides is 1. The van der Waals surface area contributed by atoms with Gasteiger partial charge in [0.25, 0.3) is 11.2 Å². The normalized spacial score (nSPS) is 11.7. The smallest absolute Gasteiger partial charge is 0.268 e. The number of aromatic nitrogens is 4. The van der Waals surface area contributed by atoms with Gasteiger partial charge >= 0.3 is 0 Å². The van der Waals surface area contributed by atoms with Crippen molar-refractivity contribution < 1.29 is 4.79 Å². The van der Waals surface area contributed by atoms with Crippen molar-refractivity contribution in [1.29, 1.82) is 0 Å². The van der Waals surface area contributed by atoms with Gasteiger partial charge in [-0.25, -0.2) is 19.8 Å². The number of nitrogens with zero attached hydrogens (tertiary/aromatic N) is 5. The first-order chi connectivity index (χ1) is 16.2. The summed E-state index contributed by atoms with van der Waals surface area (Å²) in [5.74, 6) is -0.507. The number of anilines is 3. The summed E-state index contributed by atoms with van der Waals surface area (Å²) < 4.78 is 1.32. The lowest BCUT2D eigenvalue weighted by molar-refractivity contribution is 0.1000. The van der Waals surface area contributed by atoms with Gasteiger partial charge in [-0.2, -0.15) is 0 Å². The average Bonchev–Trinajstić information content (AvgIpc) is 2.78. The maximum absolute atomic E-state index is 13.6. The molecule has 4 aromatic rings. The van der Waals surface area contributed by atoms with Crippen molar-refractivity contribution in [3.8, 4) is 5.69 Å². The van der Waals surface area contributed by atoms with E-state index in [1.165, 1.54) is 16.7 Å². The van der Waals surface area contributed by atoms with Crippen LogP contribution in [0, 0.1) is 6.57 Å². The molecule has 0 aliphatic heterocycles. The Morgan fingerprint density at radius 2 is 1.91 bits per heavy atom. The maximum Gasteiger partial charge on any atom is 0.268 e. The van der Waals surface area contributed by atoms with Gasteiger partial charge in [-0.1, -0.05) is 23.7 Å². The van der Waals surface area contributed by atoms with Gasteiger partial charge in [0.1, 0.15) is 17.5 Å². The van der Waals surface area contributed by atoms with E-state index in [4.69, 9.17) is 35.4 Å². The van der Waals surface area contributed by atoms with Gasteiger partial charge in [-0.05, 0) is 37.3 Å². The number of primary amides is 1. The maximum atomic E-state index is 13.6. The number of nitrogens with one attached hydrogen (secondary N) is 1. The highest BCUT2D eigenvalue weighted by atomic mass is 35.5. The van der Waals surface area contributed by atoms with E-state index in [9.17, 15) is 9.59 Å². The minimum Gasteiger partial charge on any atom is -0.392 e. The van der Waals surface area contributed by atoms with Crippen LogP contribution in [-0.4, -0.2) is 25.4 Å². The summed E-state index contributed by atoms with van der Waals surface area (Å²) in [6, 6.07) is 10.5. The van der Waals surface area contributed by atoms with Gasteiger partial charge in [0.05, 0.1) is 34.2 Å². The van der Waals surface area contributed by atoms with Gasteiger partial charge in [0.2, 0.25) is 11.9 Å². The van der Waals surface area contributed by atoms with Gasteiger partial charge in [-0.3, -0.25) is 14.2 Å². The molecule has 0 bridgehead atoms. The Morgan fingerprint density at radius 3 is 2.62 bits per heavy atom. The minimum atomic E-state index is -0.678. The molecular formula is C22H18ClN9O2. The van der Waals surface area contributed by atoms with Crippen LogP contribution in [0.1, 0.15) is 29.1 Å². The standard InChI is InChI=1S/C22H18ClN9O2/c1-10(28-19-16(27-2)17(24)30-22(26)31-19)20-29-14-8-4-7-13(23)15(14)21(34)32(20)12-6-3-5-11(9-12)18(25)33/h3-10H,1H3,(H2,25,33)(H5,24,26,28,30,31)/t10-/m1/s1. The second-order valence-corrected chi connectivity index (χ2v) is 7.71. The van der Waals surface area contributed by atoms with Crippen LogP contribution in [0.3, 0.4) is 0 Å². The van der Waals surface area contributed by atoms with Gasteiger partial charge in [0.15, 0.2) is 0 Å². The Balaban J connectivity index is 1.97. The molecule has 2 heterocycles. The fourth-order valence-corrected chi connectivity index (χ4v) is 3.77. The summed E-state index contributed by atoms with van der Waals surface area (Å²) in [7, 11) is 0. The number of carbonyl (C=O) groups excluding carboxylic acids is 1. The highest BCUT2D eigenvalue weighted by Crippen LogP contribution is 2.32. The Hall–Kier alpha value is -4.69. The third kappa shape index (κ3) is 3.94. The molecule has 0 unspecified atom stereocenters. The zero-order valence-electron chi connectivity index (χ0n) is 17.8. The molecule has 11 nitrogen and oxygen atoms in total. The molecule has 0 fully saturated rings. The molecule has 0 aliphatic carbocycles. The fraction of sp³-hybridized carbons (Fsp3) is 0.0909. The number of rotatable bonds is 5. The Labute approximate surface area is 198 Å². The summed E-state index contributed by atoms with van der Waals surface area (Å²) in [4.78, 5) is 41.3. The van der Waals surface area contributed by atoms with Crippen LogP contribution < -0.4 is 28.1 Å². The number of nitrogen functional groups attached to an aromatic ring is 2. The molecule has 0 radical (unpaired) electrons. The predicted molar refractivity (Wildman–Crippen MR) is 130 cm³/mol. The van der Waals surface area contributed by atoms with Crippen LogP contribution in [0.5, 0.6) is 0 Å². The van der Waals surface area contributed by atoms with Crippen molar-refractivity contribution in [1.82, 2.24) is 19.5 Å². The van der Waals surface area contributed by atoms with Crippen molar-refractivity contribution in [2.75, 3.05) is 16.8 Å². The summed E-state index contributed by atoms with van der Waals surface area (Å²) in [6.45, 7) is 9.12. The summed E-state index contributed by atoms with van der Waals surface area (Å²) >= 11 is 6.32. The number of carbonyl (C=O) groups is 1. The van der Waals surface area contributed by atoms with E-state index in [-0.39, 0.29) is 45.1 Å². The molecule has 0 saturated heterocycles. The lowest BCUT2D eigenvalue weighted by atomic mass is 10.1. The van der Waals surface area contributed by atoms with Crippen molar-refractivity contribution in [3.63, 3.8) is 0 Å². The highest BCUT2D eigenvalue weighted by Gasteiger charge is 2.22. The zero-order valence-corrected chi connectivity index (χ0v) is 18.5. The van der Waals surface area contributed by atoms with Crippen LogP contribution in [0.2, 0.25) is 5.02 Å². The topological polar surface area (TPSA) is 172 Å². The molecule has 1 amide bonds. The molecule has 0 aliphatic rings. The van der Waals surface area contributed by atoms with E-state index in [2.05, 4.69) is 25.1 Å². The van der Waals surface area contributed by atoms with Gasteiger partial charge in [0, 0.05) is 5.56 Å². The van der Waals surface area contributed by atoms with Crippen LogP contribution in [0.4, 0.5) is 23.3 Å². The van der Waals surface area contributed by atoms with Crippen LogP contribution in [-0.2, 0) is 0 Å². The lowest BCUT2D eigenvalue weighted by Crippen LogP contribution is -2.28. The van der Waals surface area contributed by atoms with Gasteiger partial charge < -0.3 is 22.5 Å². The van der Waals surface area contributed by atoms with Crippen LogP contribution >= 0.6 is 11.6 Å². The van der Waals surface area contributed by atoms with E-state index in [0.29, 0.717) is 11.2 Å². The molecule has 2 aromatic carbocycles. The fourth-order valence-electron chi connectivity index (χ4n) is 3.52. The molecule has 0 saturated carbocycles. The molecule has 1 atom stereocenters. The van der Waals surface area contributed by atoms with Crippen LogP contribution in [0.15, 0.2) is 47.3 Å².